The number of hydrogen-bond acceptors (Lipinski definition) is 5. The van der Waals surface area contributed by atoms with Gasteiger partial charge >= 0.3 is 5.97 Å². The maximum atomic E-state index is 11.7. The molecule has 5 heteroatoms. The normalized spacial score (nSPS) is 16.0. The predicted molar refractivity (Wildman–Crippen MR) is 120 cm³/mol. The van der Waals surface area contributed by atoms with Crippen LogP contribution in [0.3, 0.4) is 0 Å². The second-order valence-corrected chi connectivity index (χ2v) is 8.21. The van der Waals surface area contributed by atoms with Gasteiger partial charge < -0.3 is 4.74 Å². The lowest BCUT2D eigenvalue weighted by molar-refractivity contribution is -0.141. The lowest BCUT2D eigenvalue weighted by Crippen LogP contribution is -2.19. The van der Waals surface area contributed by atoms with E-state index < -0.39 is 6.04 Å². The van der Waals surface area contributed by atoms with E-state index in [1.54, 1.807) is 11.8 Å². The van der Waals surface area contributed by atoms with Crippen molar-refractivity contribution in [2.45, 2.75) is 31.7 Å². The maximum Gasteiger partial charge on any atom is 0.331 e. The molecule has 0 N–H and O–H groups in total. The van der Waals surface area contributed by atoms with Crippen molar-refractivity contribution >= 4 is 33.7 Å². The van der Waals surface area contributed by atoms with Crippen LogP contribution in [0.15, 0.2) is 65.7 Å². The number of aromatic nitrogens is 1. The Morgan fingerprint density at radius 3 is 2.62 bits per heavy atom. The van der Waals surface area contributed by atoms with Gasteiger partial charge in [0.15, 0.2) is 6.04 Å². The maximum absolute atomic E-state index is 11.7. The molecule has 0 saturated heterocycles. The van der Waals surface area contributed by atoms with Crippen molar-refractivity contribution < 1.29 is 9.53 Å². The summed E-state index contributed by atoms with van der Waals surface area (Å²) in [5, 5.41) is 1.95. The molecule has 29 heavy (non-hydrogen) atoms. The Bertz CT molecular complexity index is 1030. The predicted octanol–water partition coefficient (Wildman–Crippen LogP) is 4.84. The Morgan fingerprint density at radius 2 is 1.83 bits per heavy atom. The minimum Gasteiger partial charge on any atom is -0.467 e. The standard InChI is InChI=1S/C24H24N2O2S/c1-28-24(27)22-16-29-23(26-22)21-14-12-19-15-18(11-13-20(19)25-21)10-6-5-9-17-7-3-2-4-8-17/h2-4,7-8,11-15,22H,5-6,9-10,16H2,1H3. The molecule has 0 bridgehead atoms. The van der Waals surface area contributed by atoms with Crippen molar-refractivity contribution in [3.8, 4) is 0 Å². The number of aryl methyl sites for hydroxylation is 2. The largest absolute Gasteiger partial charge is 0.467 e. The topological polar surface area (TPSA) is 51.5 Å². The molecule has 2 heterocycles. The van der Waals surface area contributed by atoms with Crippen LogP contribution in [0.25, 0.3) is 10.9 Å². The monoisotopic (exact) mass is 404 g/mol. The molecule has 4 rings (SSSR count). The minimum atomic E-state index is -0.421. The molecule has 3 aromatic rings. The first kappa shape index (κ1) is 19.6. The smallest absolute Gasteiger partial charge is 0.331 e. The van der Waals surface area contributed by atoms with E-state index in [1.807, 2.05) is 6.07 Å². The van der Waals surface area contributed by atoms with Gasteiger partial charge in [-0.15, -0.1) is 11.8 Å². The second-order valence-electron chi connectivity index (χ2n) is 7.20. The van der Waals surface area contributed by atoms with Gasteiger partial charge in [0.2, 0.25) is 0 Å². The van der Waals surface area contributed by atoms with Gasteiger partial charge in [0.1, 0.15) is 5.04 Å². The average molecular weight is 405 g/mol. The first-order valence-electron chi connectivity index (χ1n) is 9.95. The second kappa shape index (κ2) is 9.23. The third kappa shape index (κ3) is 4.85. The van der Waals surface area contributed by atoms with Gasteiger partial charge in [0, 0.05) is 11.1 Å². The zero-order chi connectivity index (χ0) is 20.1. The van der Waals surface area contributed by atoms with Crippen molar-refractivity contribution in [2.24, 2.45) is 4.99 Å². The Hall–Kier alpha value is -2.66. The van der Waals surface area contributed by atoms with E-state index in [2.05, 4.69) is 59.6 Å². The molecule has 1 unspecified atom stereocenters. The number of pyridine rings is 1. The number of carbonyl (C=O) groups is 1. The average Bonchev–Trinajstić information content (AvgIpc) is 3.27. The summed E-state index contributed by atoms with van der Waals surface area (Å²) < 4.78 is 4.79. The summed E-state index contributed by atoms with van der Waals surface area (Å²) in [6.07, 6.45) is 4.57. The first-order chi connectivity index (χ1) is 14.2. The number of carbonyl (C=O) groups excluding carboxylic acids is 1. The SMILES string of the molecule is COC(=O)C1CSC(c2ccc3cc(CCCCc4ccccc4)ccc3n2)=N1. The van der Waals surface area contributed by atoms with Gasteiger partial charge in [0.05, 0.1) is 18.3 Å². The fourth-order valence-electron chi connectivity index (χ4n) is 3.52. The van der Waals surface area contributed by atoms with Crippen molar-refractivity contribution in [3.05, 3.63) is 77.5 Å². The zero-order valence-electron chi connectivity index (χ0n) is 16.5. The first-order valence-corrected chi connectivity index (χ1v) is 10.9. The molecule has 1 aliphatic heterocycles. The van der Waals surface area contributed by atoms with E-state index in [-0.39, 0.29) is 5.97 Å². The summed E-state index contributed by atoms with van der Waals surface area (Å²) in [4.78, 5) is 20.9. The van der Waals surface area contributed by atoms with E-state index in [0.717, 1.165) is 34.5 Å². The Kier molecular flexibility index (Phi) is 6.25. The number of unbranched alkanes of at least 4 members (excludes halogenated alkanes) is 1. The van der Waals surface area contributed by atoms with Crippen LogP contribution in [-0.2, 0) is 22.4 Å². The molecule has 0 amide bonds. The molecule has 0 radical (unpaired) electrons. The van der Waals surface area contributed by atoms with E-state index in [9.17, 15) is 4.79 Å². The lowest BCUT2D eigenvalue weighted by Gasteiger charge is -2.06. The number of fused-ring (bicyclic) bond motifs is 1. The third-order valence-corrected chi connectivity index (χ3v) is 6.19. The highest BCUT2D eigenvalue weighted by atomic mass is 32.2. The fraction of sp³-hybridized carbons (Fsp3) is 0.292. The molecule has 1 aliphatic rings. The molecule has 0 fully saturated rings. The van der Waals surface area contributed by atoms with Crippen LogP contribution >= 0.6 is 11.8 Å². The number of benzene rings is 2. The molecule has 4 nitrogen and oxygen atoms in total. The van der Waals surface area contributed by atoms with Gasteiger partial charge in [-0.25, -0.2) is 9.78 Å². The van der Waals surface area contributed by atoms with Gasteiger partial charge in [0.25, 0.3) is 0 Å². The highest BCUT2D eigenvalue weighted by Gasteiger charge is 2.26. The zero-order valence-corrected chi connectivity index (χ0v) is 17.3. The van der Waals surface area contributed by atoms with Crippen LogP contribution in [0.1, 0.15) is 29.7 Å². The number of hydrogen-bond donors (Lipinski definition) is 0. The third-order valence-electron chi connectivity index (χ3n) is 5.12. The van der Waals surface area contributed by atoms with Crippen LogP contribution < -0.4 is 0 Å². The van der Waals surface area contributed by atoms with Crippen LogP contribution in [0.2, 0.25) is 0 Å². The lowest BCUT2D eigenvalue weighted by atomic mass is 10.0. The summed E-state index contributed by atoms with van der Waals surface area (Å²) in [5.41, 5.74) is 4.54. The number of methoxy groups -OCH3 is 1. The molecule has 0 aliphatic carbocycles. The van der Waals surface area contributed by atoms with Gasteiger partial charge in [-0.3, -0.25) is 4.99 Å². The Morgan fingerprint density at radius 1 is 1.03 bits per heavy atom. The molecular weight excluding hydrogens is 380 g/mol. The molecule has 0 spiro atoms. The van der Waals surface area contributed by atoms with Gasteiger partial charge in [-0.2, -0.15) is 0 Å². The number of esters is 1. The Balaban J connectivity index is 1.39. The number of ether oxygens (including phenoxy) is 1. The molecule has 1 aromatic heterocycles. The van der Waals surface area contributed by atoms with E-state index in [0.29, 0.717) is 5.75 Å². The Labute approximate surface area is 175 Å². The number of rotatable bonds is 7. The van der Waals surface area contributed by atoms with Crippen LogP contribution in [-0.4, -0.2) is 34.9 Å². The van der Waals surface area contributed by atoms with Crippen LogP contribution in [0.5, 0.6) is 0 Å². The summed E-state index contributed by atoms with van der Waals surface area (Å²) in [6.45, 7) is 0. The van der Waals surface area contributed by atoms with Crippen molar-refractivity contribution in [1.29, 1.82) is 0 Å². The molecule has 148 valence electrons. The van der Waals surface area contributed by atoms with E-state index >= 15 is 0 Å². The number of thioether (sulfide) groups is 1. The van der Waals surface area contributed by atoms with E-state index in [1.165, 1.54) is 31.1 Å². The van der Waals surface area contributed by atoms with Gasteiger partial charge in [-0.05, 0) is 55.0 Å². The molecule has 2 aromatic carbocycles. The fourth-order valence-corrected chi connectivity index (χ4v) is 4.51. The van der Waals surface area contributed by atoms with Crippen molar-refractivity contribution in [2.75, 3.05) is 12.9 Å². The summed E-state index contributed by atoms with van der Waals surface area (Å²) in [6, 6.07) is 20.8. The van der Waals surface area contributed by atoms with E-state index in [4.69, 9.17) is 9.72 Å². The number of aliphatic imine (C=N–C) groups is 1. The molecular formula is C24H24N2O2S. The van der Waals surface area contributed by atoms with Crippen molar-refractivity contribution in [1.82, 2.24) is 4.98 Å². The van der Waals surface area contributed by atoms with Gasteiger partial charge in [-0.1, -0.05) is 42.5 Å². The number of nitrogens with zero attached hydrogens (tertiary/aromatic N) is 2. The minimum absolute atomic E-state index is 0.287. The van der Waals surface area contributed by atoms with Crippen LogP contribution in [0.4, 0.5) is 0 Å². The summed E-state index contributed by atoms with van der Waals surface area (Å²) in [7, 11) is 1.40. The molecule has 1 atom stereocenters. The molecule has 0 saturated carbocycles. The quantitative estimate of drug-likeness (QED) is 0.418. The summed E-state index contributed by atoms with van der Waals surface area (Å²) in [5.74, 6) is 0.328. The highest BCUT2D eigenvalue weighted by molar-refractivity contribution is 8.14. The van der Waals surface area contributed by atoms with Crippen molar-refractivity contribution in [3.63, 3.8) is 0 Å². The van der Waals surface area contributed by atoms with Crippen LogP contribution in [0, 0.1) is 0 Å². The highest BCUT2D eigenvalue weighted by Crippen LogP contribution is 2.25. The summed E-state index contributed by atoms with van der Waals surface area (Å²) >= 11 is 1.56.